The summed E-state index contributed by atoms with van der Waals surface area (Å²) in [5.41, 5.74) is 0. The Kier molecular flexibility index (Phi) is 5.98. The van der Waals surface area contributed by atoms with Gasteiger partial charge in [0.05, 0.1) is 16.5 Å². The van der Waals surface area contributed by atoms with Crippen molar-refractivity contribution in [1.82, 2.24) is 0 Å². The lowest BCUT2D eigenvalue weighted by Crippen LogP contribution is -2.18. The Morgan fingerprint density at radius 3 is 2.37 bits per heavy atom. The average molecular weight is 305 g/mol. The third-order valence-electron chi connectivity index (χ3n) is 2.21. The van der Waals surface area contributed by atoms with Gasteiger partial charge in [-0.2, -0.15) is 0 Å². The van der Waals surface area contributed by atoms with E-state index < -0.39 is 28.0 Å². The Morgan fingerprint density at radius 1 is 1.16 bits per heavy atom. The van der Waals surface area contributed by atoms with Crippen LogP contribution in [0.3, 0.4) is 0 Å². The number of esters is 1. The maximum absolute atomic E-state index is 11.8. The minimum atomic E-state index is -3.48. The lowest BCUT2D eigenvalue weighted by Gasteiger charge is -2.05. The third kappa shape index (κ3) is 5.40. The molecule has 0 aliphatic heterocycles. The number of hydrogen-bond donors (Lipinski definition) is 0. The first kappa shape index (κ1) is 15.7. The normalized spacial score (nSPS) is 11.0. The highest BCUT2D eigenvalue weighted by atomic mass is 35.5. The summed E-state index contributed by atoms with van der Waals surface area (Å²) in [4.78, 5) is 22.2. The molecular weight excluding hydrogens is 292 g/mol. The number of hydrogen-bond acceptors (Lipinski definition) is 5. The predicted octanol–water partition coefficient (Wildman–Crippen LogP) is 1.20. The standard InChI is InChI=1S/C12H13ClO5S/c13-9-10(14)8-12(15)18-6-7-19(16,17)11-4-2-1-3-5-11/h1-5H,6-9H2. The van der Waals surface area contributed by atoms with Crippen LogP contribution < -0.4 is 0 Å². The van der Waals surface area contributed by atoms with Gasteiger partial charge >= 0.3 is 5.97 Å². The summed E-state index contributed by atoms with van der Waals surface area (Å²) >= 11 is 5.23. The van der Waals surface area contributed by atoms with Crippen LogP contribution in [0, 0.1) is 0 Å². The smallest absolute Gasteiger partial charge is 0.313 e. The number of ketones is 1. The van der Waals surface area contributed by atoms with Crippen molar-refractivity contribution in [3.8, 4) is 0 Å². The molecule has 0 unspecified atom stereocenters. The number of sulfone groups is 1. The molecule has 0 saturated carbocycles. The van der Waals surface area contributed by atoms with E-state index in [4.69, 9.17) is 11.6 Å². The molecule has 0 heterocycles. The molecule has 0 radical (unpaired) electrons. The largest absolute Gasteiger partial charge is 0.464 e. The van der Waals surface area contributed by atoms with E-state index >= 15 is 0 Å². The number of alkyl halides is 1. The third-order valence-corrected chi connectivity index (χ3v) is 4.20. The van der Waals surface area contributed by atoms with E-state index in [0.717, 1.165) is 0 Å². The van der Waals surface area contributed by atoms with Crippen molar-refractivity contribution < 1.29 is 22.7 Å². The summed E-state index contributed by atoms with van der Waals surface area (Å²) in [6.45, 7) is -0.286. The Hall–Kier alpha value is -1.40. The molecule has 0 aliphatic carbocycles. The molecule has 0 amide bonds. The van der Waals surface area contributed by atoms with Gasteiger partial charge in [-0.15, -0.1) is 11.6 Å². The van der Waals surface area contributed by atoms with Crippen LogP contribution in [0.25, 0.3) is 0 Å². The highest BCUT2D eigenvalue weighted by Crippen LogP contribution is 2.09. The van der Waals surface area contributed by atoms with E-state index in [9.17, 15) is 18.0 Å². The molecule has 1 rings (SSSR count). The van der Waals surface area contributed by atoms with Crippen molar-refractivity contribution in [2.75, 3.05) is 18.2 Å². The van der Waals surface area contributed by atoms with Crippen molar-refractivity contribution >= 4 is 33.2 Å². The Morgan fingerprint density at radius 2 is 1.79 bits per heavy atom. The van der Waals surface area contributed by atoms with Crippen LogP contribution in [0.15, 0.2) is 35.2 Å². The van der Waals surface area contributed by atoms with Gasteiger partial charge in [0.25, 0.3) is 0 Å². The number of carbonyl (C=O) groups is 2. The van der Waals surface area contributed by atoms with Gasteiger partial charge in [0, 0.05) is 0 Å². The van der Waals surface area contributed by atoms with Crippen LogP contribution in [0.5, 0.6) is 0 Å². The van der Waals surface area contributed by atoms with E-state index in [-0.39, 0.29) is 23.1 Å². The van der Waals surface area contributed by atoms with Crippen molar-refractivity contribution in [2.45, 2.75) is 11.3 Å². The van der Waals surface area contributed by atoms with Crippen LogP contribution in [0.2, 0.25) is 0 Å². The first-order chi connectivity index (χ1) is 8.95. The van der Waals surface area contributed by atoms with Gasteiger partial charge < -0.3 is 4.74 Å². The molecule has 0 spiro atoms. The SMILES string of the molecule is O=C(CCl)CC(=O)OCCS(=O)(=O)c1ccccc1. The Balaban J connectivity index is 2.45. The monoisotopic (exact) mass is 304 g/mol. The Bertz CT molecular complexity index is 538. The summed E-state index contributed by atoms with van der Waals surface area (Å²) in [6.07, 6.45) is -0.436. The molecular formula is C12H13ClO5S. The molecule has 104 valence electrons. The number of halogens is 1. The number of carbonyl (C=O) groups excluding carboxylic acids is 2. The molecule has 1 aromatic carbocycles. The zero-order valence-corrected chi connectivity index (χ0v) is 11.6. The number of benzene rings is 1. The average Bonchev–Trinajstić information content (AvgIpc) is 2.39. The zero-order valence-electron chi connectivity index (χ0n) is 10.0. The van der Waals surface area contributed by atoms with Crippen molar-refractivity contribution in [3.05, 3.63) is 30.3 Å². The fraction of sp³-hybridized carbons (Fsp3) is 0.333. The molecule has 0 saturated heterocycles. The van der Waals surface area contributed by atoms with Crippen LogP contribution in [0.1, 0.15) is 6.42 Å². The molecule has 0 atom stereocenters. The van der Waals surface area contributed by atoms with E-state index in [1.54, 1.807) is 18.2 Å². The quantitative estimate of drug-likeness (QED) is 0.430. The van der Waals surface area contributed by atoms with E-state index in [1.807, 2.05) is 0 Å². The highest BCUT2D eigenvalue weighted by Gasteiger charge is 2.15. The molecule has 7 heteroatoms. The van der Waals surface area contributed by atoms with E-state index in [2.05, 4.69) is 4.74 Å². The molecule has 0 N–H and O–H groups in total. The molecule has 0 fully saturated rings. The summed E-state index contributed by atoms with van der Waals surface area (Å²) in [5, 5.41) is 0. The van der Waals surface area contributed by atoms with Crippen molar-refractivity contribution in [1.29, 1.82) is 0 Å². The van der Waals surface area contributed by atoms with Crippen LogP contribution >= 0.6 is 11.6 Å². The minimum absolute atomic E-state index is 0.169. The van der Waals surface area contributed by atoms with Gasteiger partial charge in [-0.05, 0) is 12.1 Å². The molecule has 19 heavy (non-hydrogen) atoms. The highest BCUT2D eigenvalue weighted by molar-refractivity contribution is 7.91. The Labute approximate surface area is 116 Å². The number of rotatable bonds is 7. The van der Waals surface area contributed by atoms with Crippen LogP contribution in [0.4, 0.5) is 0 Å². The number of Topliss-reactive ketones (excluding diaryl/α,β-unsaturated/α-hetero) is 1. The molecule has 0 aromatic heterocycles. The first-order valence-electron chi connectivity index (χ1n) is 5.47. The molecule has 0 aliphatic rings. The van der Waals surface area contributed by atoms with Crippen LogP contribution in [-0.4, -0.2) is 38.4 Å². The summed E-state index contributed by atoms with van der Waals surface area (Å²) in [6, 6.07) is 7.86. The second-order valence-electron chi connectivity index (χ2n) is 3.70. The van der Waals surface area contributed by atoms with Gasteiger partial charge in [0.1, 0.15) is 13.0 Å². The molecule has 1 aromatic rings. The van der Waals surface area contributed by atoms with E-state index in [0.29, 0.717) is 0 Å². The van der Waals surface area contributed by atoms with Gasteiger partial charge in [-0.25, -0.2) is 8.42 Å². The lowest BCUT2D eigenvalue weighted by atomic mass is 10.3. The second-order valence-corrected chi connectivity index (χ2v) is 6.08. The summed E-state index contributed by atoms with van der Waals surface area (Å²) in [5.74, 6) is -1.82. The fourth-order valence-corrected chi connectivity index (χ4v) is 2.47. The molecule has 0 bridgehead atoms. The van der Waals surface area contributed by atoms with Crippen LogP contribution in [-0.2, 0) is 24.2 Å². The zero-order chi connectivity index (χ0) is 14.3. The van der Waals surface area contributed by atoms with Gasteiger partial charge in [0.15, 0.2) is 15.6 Å². The van der Waals surface area contributed by atoms with Gasteiger partial charge in [-0.1, -0.05) is 18.2 Å². The van der Waals surface area contributed by atoms with Gasteiger partial charge in [0.2, 0.25) is 0 Å². The van der Waals surface area contributed by atoms with E-state index in [1.165, 1.54) is 12.1 Å². The number of ether oxygens (including phenoxy) is 1. The second kappa shape index (κ2) is 7.25. The summed E-state index contributed by atoms with van der Waals surface area (Å²) < 4.78 is 28.3. The fourth-order valence-electron chi connectivity index (χ4n) is 1.27. The minimum Gasteiger partial charge on any atom is -0.464 e. The van der Waals surface area contributed by atoms with Crippen molar-refractivity contribution in [2.24, 2.45) is 0 Å². The topological polar surface area (TPSA) is 77.5 Å². The lowest BCUT2D eigenvalue weighted by molar-refractivity contribution is -0.145. The maximum Gasteiger partial charge on any atom is 0.313 e. The van der Waals surface area contributed by atoms with Gasteiger partial charge in [-0.3, -0.25) is 9.59 Å². The summed E-state index contributed by atoms with van der Waals surface area (Å²) in [7, 11) is -3.48. The molecule has 5 nitrogen and oxygen atoms in total. The van der Waals surface area contributed by atoms with Crippen molar-refractivity contribution in [3.63, 3.8) is 0 Å². The maximum atomic E-state index is 11.8. The first-order valence-corrected chi connectivity index (χ1v) is 7.65. The predicted molar refractivity (Wildman–Crippen MR) is 69.8 cm³/mol.